The van der Waals surface area contributed by atoms with Crippen molar-refractivity contribution in [2.24, 2.45) is 0 Å². The second-order valence-corrected chi connectivity index (χ2v) is 7.31. The SMILES string of the molecule is CNc1snc(C)c1C(=O)OCC(=O)N1CCCC1c1cccs1. The first-order valence-corrected chi connectivity index (χ1v) is 9.41. The lowest BCUT2D eigenvalue weighted by atomic mass is 10.2. The van der Waals surface area contributed by atoms with Gasteiger partial charge in [0.1, 0.15) is 10.6 Å². The van der Waals surface area contributed by atoms with Crippen molar-refractivity contribution in [3.63, 3.8) is 0 Å². The Morgan fingerprint density at radius 3 is 3.04 bits per heavy atom. The summed E-state index contributed by atoms with van der Waals surface area (Å²) < 4.78 is 9.39. The maximum Gasteiger partial charge on any atom is 0.343 e. The van der Waals surface area contributed by atoms with Gasteiger partial charge in [0, 0.05) is 18.5 Å². The lowest BCUT2D eigenvalue weighted by molar-refractivity contribution is -0.135. The van der Waals surface area contributed by atoms with Crippen LogP contribution in [0.3, 0.4) is 0 Å². The molecule has 6 nitrogen and oxygen atoms in total. The molecule has 0 aliphatic carbocycles. The van der Waals surface area contributed by atoms with Crippen LogP contribution in [0.25, 0.3) is 0 Å². The van der Waals surface area contributed by atoms with Crippen LogP contribution in [0.15, 0.2) is 17.5 Å². The number of hydrogen-bond donors (Lipinski definition) is 1. The van der Waals surface area contributed by atoms with Crippen LogP contribution < -0.4 is 5.32 Å². The molecule has 3 rings (SSSR count). The molecule has 1 N–H and O–H groups in total. The Hall–Kier alpha value is -1.93. The van der Waals surface area contributed by atoms with Gasteiger partial charge >= 0.3 is 5.97 Å². The molecular weight excluding hydrogens is 346 g/mol. The van der Waals surface area contributed by atoms with Gasteiger partial charge in [0.15, 0.2) is 6.61 Å². The molecular formula is C16H19N3O3S2. The van der Waals surface area contributed by atoms with Crippen molar-refractivity contribution in [3.8, 4) is 0 Å². The molecule has 1 unspecified atom stereocenters. The van der Waals surface area contributed by atoms with Crippen molar-refractivity contribution >= 4 is 39.7 Å². The number of hydrogen-bond acceptors (Lipinski definition) is 7. The van der Waals surface area contributed by atoms with E-state index in [1.54, 1.807) is 25.3 Å². The molecule has 1 atom stereocenters. The Bertz CT molecular complexity index is 727. The molecule has 2 aromatic heterocycles. The van der Waals surface area contributed by atoms with Crippen molar-refractivity contribution < 1.29 is 14.3 Å². The van der Waals surface area contributed by atoms with Gasteiger partial charge in [0.2, 0.25) is 0 Å². The number of rotatable bonds is 5. The zero-order valence-electron chi connectivity index (χ0n) is 13.6. The minimum Gasteiger partial charge on any atom is -0.452 e. The van der Waals surface area contributed by atoms with Gasteiger partial charge in [0.25, 0.3) is 5.91 Å². The first kappa shape index (κ1) is 16.9. The summed E-state index contributed by atoms with van der Waals surface area (Å²) in [5, 5.41) is 5.60. The normalized spacial score (nSPS) is 17.1. The first-order valence-electron chi connectivity index (χ1n) is 7.76. The van der Waals surface area contributed by atoms with Crippen molar-refractivity contribution in [1.82, 2.24) is 9.27 Å². The number of anilines is 1. The molecule has 24 heavy (non-hydrogen) atoms. The highest BCUT2D eigenvalue weighted by molar-refractivity contribution is 7.10. The lowest BCUT2D eigenvalue weighted by Crippen LogP contribution is -2.34. The number of thiophene rings is 1. The summed E-state index contributed by atoms with van der Waals surface area (Å²) in [6, 6.07) is 4.15. The van der Waals surface area contributed by atoms with Gasteiger partial charge in [-0.15, -0.1) is 11.3 Å². The van der Waals surface area contributed by atoms with E-state index >= 15 is 0 Å². The third-order valence-electron chi connectivity index (χ3n) is 4.07. The van der Waals surface area contributed by atoms with E-state index in [-0.39, 0.29) is 18.6 Å². The largest absolute Gasteiger partial charge is 0.452 e. The van der Waals surface area contributed by atoms with E-state index < -0.39 is 5.97 Å². The van der Waals surface area contributed by atoms with Gasteiger partial charge in [0.05, 0.1) is 11.7 Å². The minimum absolute atomic E-state index is 0.105. The van der Waals surface area contributed by atoms with Gasteiger partial charge < -0.3 is 15.0 Å². The Morgan fingerprint density at radius 1 is 1.50 bits per heavy atom. The summed E-state index contributed by atoms with van der Waals surface area (Å²) in [6.45, 7) is 2.22. The first-order chi connectivity index (χ1) is 11.6. The molecule has 2 aromatic rings. The predicted molar refractivity (Wildman–Crippen MR) is 94.7 cm³/mol. The van der Waals surface area contributed by atoms with Gasteiger partial charge in [-0.25, -0.2) is 4.79 Å². The summed E-state index contributed by atoms with van der Waals surface area (Å²) >= 11 is 2.86. The van der Waals surface area contributed by atoms with Crippen molar-refractivity contribution in [1.29, 1.82) is 0 Å². The molecule has 8 heteroatoms. The number of carbonyl (C=O) groups is 2. The quantitative estimate of drug-likeness (QED) is 0.825. The molecule has 1 aliphatic heterocycles. The minimum atomic E-state index is -0.508. The van der Waals surface area contributed by atoms with E-state index in [0.717, 1.165) is 12.8 Å². The van der Waals surface area contributed by atoms with Crippen molar-refractivity contribution in [2.45, 2.75) is 25.8 Å². The number of esters is 1. The van der Waals surface area contributed by atoms with Crippen LogP contribution >= 0.6 is 22.9 Å². The van der Waals surface area contributed by atoms with Crippen LogP contribution in [0, 0.1) is 6.92 Å². The van der Waals surface area contributed by atoms with E-state index in [1.165, 1.54) is 16.4 Å². The molecule has 1 aliphatic rings. The average Bonchev–Trinajstić information content (AvgIpc) is 3.30. The second kappa shape index (κ2) is 7.31. The van der Waals surface area contributed by atoms with Crippen LogP contribution in [0.1, 0.15) is 39.8 Å². The molecule has 0 aromatic carbocycles. The third-order valence-corrected chi connectivity index (χ3v) is 5.99. The van der Waals surface area contributed by atoms with E-state index in [2.05, 4.69) is 9.69 Å². The molecule has 1 saturated heterocycles. The third kappa shape index (κ3) is 3.29. The number of amides is 1. The van der Waals surface area contributed by atoms with Crippen LogP contribution in [0.4, 0.5) is 5.00 Å². The van der Waals surface area contributed by atoms with Crippen LogP contribution in [0.2, 0.25) is 0 Å². The van der Waals surface area contributed by atoms with Crippen LogP contribution in [0.5, 0.6) is 0 Å². The molecule has 0 saturated carbocycles. The van der Waals surface area contributed by atoms with E-state index in [4.69, 9.17) is 4.74 Å². The smallest absolute Gasteiger partial charge is 0.343 e. The number of nitrogens with one attached hydrogen (secondary N) is 1. The monoisotopic (exact) mass is 365 g/mol. The molecule has 0 radical (unpaired) electrons. The maximum absolute atomic E-state index is 12.5. The molecule has 1 amide bonds. The van der Waals surface area contributed by atoms with Gasteiger partial charge in [-0.1, -0.05) is 6.07 Å². The molecule has 128 valence electrons. The fourth-order valence-corrected chi connectivity index (χ4v) is 4.51. The number of aryl methyl sites for hydroxylation is 1. The highest BCUT2D eigenvalue weighted by atomic mass is 32.1. The summed E-state index contributed by atoms with van der Waals surface area (Å²) in [5.74, 6) is -0.656. The fraction of sp³-hybridized carbons (Fsp3) is 0.438. The van der Waals surface area contributed by atoms with Crippen molar-refractivity contribution in [3.05, 3.63) is 33.6 Å². The Balaban J connectivity index is 1.63. The zero-order chi connectivity index (χ0) is 17.1. The zero-order valence-corrected chi connectivity index (χ0v) is 15.2. The Kier molecular flexibility index (Phi) is 5.15. The average molecular weight is 365 g/mol. The highest BCUT2D eigenvalue weighted by Crippen LogP contribution is 2.34. The predicted octanol–water partition coefficient (Wildman–Crippen LogP) is 3.08. The van der Waals surface area contributed by atoms with E-state index in [1.807, 2.05) is 22.4 Å². The van der Waals surface area contributed by atoms with Crippen LogP contribution in [-0.2, 0) is 9.53 Å². The van der Waals surface area contributed by atoms with Crippen molar-refractivity contribution in [2.75, 3.05) is 25.5 Å². The summed E-state index contributed by atoms with van der Waals surface area (Å²) in [4.78, 5) is 27.8. The van der Waals surface area contributed by atoms with Gasteiger partial charge in [-0.2, -0.15) is 4.37 Å². The fourth-order valence-electron chi connectivity index (χ4n) is 2.91. The number of likely N-dealkylation sites (tertiary alicyclic amines) is 1. The Morgan fingerprint density at radius 2 is 2.33 bits per heavy atom. The molecule has 0 spiro atoms. The summed E-state index contributed by atoms with van der Waals surface area (Å²) in [5.41, 5.74) is 1.02. The number of aromatic nitrogens is 1. The van der Waals surface area contributed by atoms with Gasteiger partial charge in [-0.3, -0.25) is 4.79 Å². The number of ether oxygens (including phenoxy) is 1. The van der Waals surface area contributed by atoms with E-state index in [9.17, 15) is 9.59 Å². The highest BCUT2D eigenvalue weighted by Gasteiger charge is 2.31. The number of carbonyl (C=O) groups excluding carboxylic acids is 2. The topological polar surface area (TPSA) is 71.5 Å². The molecule has 0 bridgehead atoms. The summed E-state index contributed by atoms with van der Waals surface area (Å²) in [6.07, 6.45) is 1.93. The maximum atomic E-state index is 12.5. The lowest BCUT2D eigenvalue weighted by Gasteiger charge is -2.23. The standard InChI is InChI=1S/C16H19N3O3S2/c1-10-14(15(17-2)24-18-10)16(21)22-9-13(20)19-7-3-5-11(19)12-6-4-8-23-12/h4,6,8,11,17H,3,5,7,9H2,1-2H3. The molecule has 3 heterocycles. The second-order valence-electron chi connectivity index (χ2n) is 5.56. The number of nitrogens with zero attached hydrogens (tertiary/aromatic N) is 2. The van der Waals surface area contributed by atoms with Crippen LogP contribution in [-0.4, -0.2) is 41.3 Å². The summed E-state index contributed by atoms with van der Waals surface area (Å²) in [7, 11) is 1.73. The van der Waals surface area contributed by atoms with Gasteiger partial charge in [-0.05, 0) is 42.7 Å². The Labute approximate surface area is 148 Å². The molecule has 1 fully saturated rings. The van der Waals surface area contributed by atoms with E-state index in [0.29, 0.717) is 22.8 Å².